The SMILES string of the molecule is NC(Cc1cc(Cl)cc2c1OCC2)c1cccc(F)c1F. The number of fused-ring (bicyclic) bond motifs is 1. The van der Waals surface area contributed by atoms with Gasteiger partial charge in [0.2, 0.25) is 0 Å². The van der Waals surface area contributed by atoms with Gasteiger partial charge < -0.3 is 10.5 Å². The summed E-state index contributed by atoms with van der Waals surface area (Å²) in [5.41, 5.74) is 8.05. The van der Waals surface area contributed by atoms with Gasteiger partial charge in [-0.15, -0.1) is 0 Å². The van der Waals surface area contributed by atoms with Crippen molar-refractivity contribution in [1.82, 2.24) is 0 Å². The van der Waals surface area contributed by atoms with Crippen LogP contribution in [-0.2, 0) is 12.8 Å². The number of halogens is 3. The highest BCUT2D eigenvalue weighted by molar-refractivity contribution is 6.30. The summed E-state index contributed by atoms with van der Waals surface area (Å²) in [7, 11) is 0. The van der Waals surface area contributed by atoms with Gasteiger partial charge >= 0.3 is 0 Å². The van der Waals surface area contributed by atoms with E-state index in [0.717, 1.165) is 29.4 Å². The van der Waals surface area contributed by atoms with Crippen molar-refractivity contribution in [3.63, 3.8) is 0 Å². The molecule has 1 heterocycles. The Morgan fingerprint density at radius 2 is 2.10 bits per heavy atom. The molecule has 3 rings (SSSR count). The highest BCUT2D eigenvalue weighted by Crippen LogP contribution is 2.35. The second kappa shape index (κ2) is 5.62. The lowest BCUT2D eigenvalue weighted by molar-refractivity contribution is 0.352. The molecule has 21 heavy (non-hydrogen) atoms. The standard InChI is InChI=1S/C16H14ClF2NO/c17-11-6-9-4-5-21-16(9)10(7-11)8-14(20)12-2-1-3-13(18)15(12)19/h1-3,6-7,14H,4-5,8,20H2. The normalized spacial score (nSPS) is 14.7. The van der Waals surface area contributed by atoms with E-state index in [1.165, 1.54) is 12.1 Å². The maximum Gasteiger partial charge on any atom is 0.163 e. The lowest BCUT2D eigenvalue weighted by atomic mass is 9.97. The van der Waals surface area contributed by atoms with Gasteiger partial charge in [0.15, 0.2) is 11.6 Å². The largest absolute Gasteiger partial charge is 0.493 e. The fourth-order valence-electron chi connectivity index (χ4n) is 2.65. The number of hydrogen-bond acceptors (Lipinski definition) is 2. The molecule has 0 bridgehead atoms. The summed E-state index contributed by atoms with van der Waals surface area (Å²) in [4.78, 5) is 0. The Labute approximate surface area is 126 Å². The summed E-state index contributed by atoms with van der Waals surface area (Å²) in [6.45, 7) is 0.603. The summed E-state index contributed by atoms with van der Waals surface area (Å²) in [6.07, 6.45) is 1.13. The van der Waals surface area contributed by atoms with Crippen LogP contribution < -0.4 is 10.5 Å². The Hall–Kier alpha value is -1.65. The van der Waals surface area contributed by atoms with E-state index in [0.29, 0.717) is 18.1 Å². The number of hydrogen-bond donors (Lipinski definition) is 1. The Balaban J connectivity index is 1.92. The molecule has 1 atom stereocenters. The van der Waals surface area contributed by atoms with Gasteiger partial charge in [0.25, 0.3) is 0 Å². The third-order valence-electron chi connectivity index (χ3n) is 3.65. The van der Waals surface area contributed by atoms with Gasteiger partial charge in [-0.3, -0.25) is 0 Å². The molecule has 2 aromatic rings. The highest BCUT2D eigenvalue weighted by Gasteiger charge is 2.21. The molecule has 2 aromatic carbocycles. The molecule has 2 N–H and O–H groups in total. The van der Waals surface area contributed by atoms with Crippen molar-refractivity contribution in [3.05, 3.63) is 63.7 Å². The van der Waals surface area contributed by atoms with Gasteiger partial charge in [0.1, 0.15) is 5.75 Å². The monoisotopic (exact) mass is 309 g/mol. The molecular formula is C16H14ClF2NO. The maximum atomic E-state index is 13.8. The predicted molar refractivity (Wildman–Crippen MR) is 77.6 cm³/mol. The molecular weight excluding hydrogens is 296 g/mol. The Morgan fingerprint density at radius 3 is 2.90 bits per heavy atom. The number of benzene rings is 2. The molecule has 0 spiro atoms. The molecule has 2 nitrogen and oxygen atoms in total. The molecule has 0 saturated heterocycles. The topological polar surface area (TPSA) is 35.2 Å². The van der Waals surface area contributed by atoms with Crippen LogP contribution in [0.3, 0.4) is 0 Å². The molecule has 0 radical (unpaired) electrons. The van der Waals surface area contributed by atoms with Gasteiger partial charge in [-0.1, -0.05) is 23.7 Å². The zero-order chi connectivity index (χ0) is 15.0. The van der Waals surface area contributed by atoms with Crippen LogP contribution in [0.2, 0.25) is 5.02 Å². The number of ether oxygens (including phenoxy) is 1. The van der Waals surface area contributed by atoms with Crippen molar-refractivity contribution < 1.29 is 13.5 Å². The fraction of sp³-hybridized carbons (Fsp3) is 0.250. The summed E-state index contributed by atoms with van der Waals surface area (Å²) >= 11 is 6.08. The quantitative estimate of drug-likeness (QED) is 0.936. The first kappa shape index (κ1) is 14.3. The average Bonchev–Trinajstić information content (AvgIpc) is 2.90. The molecule has 0 saturated carbocycles. The van der Waals surface area contributed by atoms with Crippen LogP contribution in [-0.4, -0.2) is 6.61 Å². The molecule has 1 aliphatic rings. The van der Waals surface area contributed by atoms with Gasteiger partial charge in [-0.2, -0.15) is 0 Å². The minimum absolute atomic E-state index is 0.154. The van der Waals surface area contributed by atoms with Crippen LogP contribution >= 0.6 is 11.6 Å². The molecule has 0 aromatic heterocycles. The first-order chi connectivity index (χ1) is 10.1. The van der Waals surface area contributed by atoms with Crippen LogP contribution in [0.1, 0.15) is 22.7 Å². The van der Waals surface area contributed by atoms with Crippen molar-refractivity contribution in [3.8, 4) is 5.75 Å². The molecule has 0 aliphatic carbocycles. The summed E-state index contributed by atoms with van der Waals surface area (Å²) < 4.78 is 32.7. The minimum Gasteiger partial charge on any atom is -0.493 e. The Bertz CT molecular complexity index is 690. The molecule has 5 heteroatoms. The first-order valence-corrected chi connectivity index (χ1v) is 7.07. The molecule has 0 fully saturated rings. The average molecular weight is 310 g/mol. The number of nitrogens with two attached hydrogens (primary N) is 1. The minimum atomic E-state index is -0.899. The smallest absolute Gasteiger partial charge is 0.163 e. The Kier molecular flexibility index (Phi) is 3.83. The van der Waals surface area contributed by atoms with Gasteiger partial charge in [0.05, 0.1) is 6.61 Å². The van der Waals surface area contributed by atoms with E-state index < -0.39 is 17.7 Å². The van der Waals surface area contributed by atoms with E-state index in [4.69, 9.17) is 22.1 Å². The van der Waals surface area contributed by atoms with E-state index in [1.807, 2.05) is 6.07 Å². The van der Waals surface area contributed by atoms with Crippen LogP contribution in [0, 0.1) is 11.6 Å². The second-order valence-electron chi connectivity index (χ2n) is 5.11. The highest BCUT2D eigenvalue weighted by atomic mass is 35.5. The lowest BCUT2D eigenvalue weighted by Gasteiger charge is -2.16. The zero-order valence-corrected chi connectivity index (χ0v) is 12.0. The molecule has 0 amide bonds. The zero-order valence-electron chi connectivity index (χ0n) is 11.2. The van der Waals surface area contributed by atoms with Gasteiger partial charge in [-0.25, -0.2) is 8.78 Å². The molecule has 1 aliphatic heterocycles. The van der Waals surface area contributed by atoms with Crippen molar-refractivity contribution in [2.24, 2.45) is 5.73 Å². The van der Waals surface area contributed by atoms with E-state index in [2.05, 4.69) is 0 Å². The summed E-state index contributed by atoms with van der Waals surface area (Å²) in [5.74, 6) is -1.02. The number of rotatable bonds is 3. The second-order valence-corrected chi connectivity index (χ2v) is 5.54. The van der Waals surface area contributed by atoms with Gasteiger partial charge in [-0.05, 0) is 35.7 Å². The van der Waals surface area contributed by atoms with Gasteiger partial charge in [0, 0.05) is 23.0 Å². The lowest BCUT2D eigenvalue weighted by Crippen LogP contribution is -2.16. The van der Waals surface area contributed by atoms with Crippen molar-refractivity contribution >= 4 is 11.6 Å². The van der Waals surface area contributed by atoms with E-state index >= 15 is 0 Å². The van der Waals surface area contributed by atoms with E-state index in [-0.39, 0.29) is 5.56 Å². The Morgan fingerprint density at radius 1 is 1.29 bits per heavy atom. The van der Waals surface area contributed by atoms with Crippen LogP contribution in [0.5, 0.6) is 5.75 Å². The van der Waals surface area contributed by atoms with Crippen molar-refractivity contribution in [2.75, 3.05) is 6.61 Å². The first-order valence-electron chi connectivity index (χ1n) is 6.70. The van der Waals surface area contributed by atoms with Crippen LogP contribution in [0.4, 0.5) is 8.78 Å². The maximum absolute atomic E-state index is 13.8. The van der Waals surface area contributed by atoms with Crippen LogP contribution in [0.15, 0.2) is 30.3 Å². The van der Waals surface area contributed by atoms with Crippen molar-refractivity contribution in [2.45, 2.75) is 18.9 Å². The molecule has 1 unspecified atom stereocenters. The van der Waals surface area contributed by atoms with Crippen molar-refractivity contribution in [1.29, 1.82) is 0 Å². The van der Waals surface area contributed by atoms with E-state index in [1.54, 1.807) is 6.07 Å². The summed E-state index contributed by atoms with van der Waals surface area (Å²) in [5, 5.41) is 0.598. The fourth-order valence-corrected chi connectivity index (χ4v) is 2.91. The van der Waals surface area contributed by atoms with E-state index in [9.17, 15) is 8.78 Å². The predicted octanol–water partition coefficient (Wildman–Crippen LogP) is 3.80. The molecule has 110 valence electrons. The third-order valence-corrected chi connectivity index (χ3v) is 3.86. The van der Waals surface area contributed by atoms with Crippen LogP contribution in [0.25, 0.3) is 0 Å². The third kappa shape index (κ3) is 2.74. The summed E-state index contributed by atoms with van der Waals surface area (Å²) in [6, 6.07) is 6.99.